The molecule has 0 amide bonds. The second-order valence-electron chi connectivity index (χ2n) is 4.89. The van der Waals surface area contributed by atoms with Crippen molar-refractivity contribution in [2.75, 3.05) is 33.4 Å². The van der Waals surface area contributed by atoms with Gasteiger partial charge >= 0.3 is 0 Å². The second-order valence-corrected chi connectivity index (χ2v) is 5.80. The lowest BCUT2D eigenvalue weighted by atomic mass is 9.84. The molecule has 0 aromatic heterocycles. The maximum Gasteiger partial charge on any atom is 0.120 e. The summed E-state index contributed by atoms with van der Waals surface area (Å²) in [7, 11) is 2.00. The summed E-state index contributed by atoms with van der Waals surface area (Å²) in [5.41, 5.74) is 0.251. The molecule has 1 aromatic rings. The molecule has 0 aliphatic carbocycles. The molecule has 18 heavy (non-hydrogen) atoms. The van der Waals surface area contributed by atoms with Crippen LogP contribution in [-0.2, 0) is 4.74 Å². The van der Waals surface area contributed by atoms with Crippen molar-refractivity contribution in [3.05, 3.63) is 28.7 Å². The van der Waals surface area contributed by atoms with Crippen LogP contribution >= 0.6 is 15.9 Å². The van der Waals surface area contributed by atoms with Crippen molar-refractivity contribution in [2.24, 2.45) is 5.41 Å². The van der Waals surface area contributed by atoms with Crippen LogP contribution in [0, 0.1) is 5.41 Å². The van der Waals surface area contributed by atoms with Crippen molar-refractivity contribution >= 4 is 15.9 Å². The van der Waals surface area contributed by atoms with E-state index < -0.39 is 0 Å². The lowest BCUT2D eigenvalue weighted by Crippen LogP contribution is -2.34. The summed E-state index contributed by atoms with van der Waals surface area (Å²) >= 11 is 3.45. The monoisotopic (exact) mass is 313 g/mol. The fourth-order valence-corrected chi connectivity index (χ4v) is 2.77. The Labute approximate surface area is 117 Å². The van der Waals surface area contributed by atoms with E-state index >= 15 is 0 Å². The molecule has 0 radical (unpaired) electrons. The minimum absolute atomic E-state index is 0.251. The summed E-state index contributed by atoms with van der Waals surface area (Å²) in [6, 6.07) is 7.97. The molecule has 4 heteroatoms. The molecule has 1 aromatic carbocycles. The zero-order valence-electron chi connectivity index (χ0n) is 10.7. The normalized spacial score (nSPS) is 23.2. The van der Waals surface area contributed by atoms with Crippen LogP contribution in [0.1, 0.15) is 12.8 Å². The highest BCUT2D eigenvalue weighted by molar-refractivity contribution is 9.10. The molecule has 1 atom stereocenters. The summed E-state index contributed by atoms with van der Waals surface area (Å²) in [5.74, 6) is 0.919. The first-order chi connectivity index (χ1) is 8.74. The predicted octanol–water partition coefficient (Wildman–Crippen LogP) is 2.84. The molecule has 2 rings (SSSR count). The van der Waals surface area contributed by atoms with Gasteiger partial charge in [-0.1, -0.05) is 22.0 Å². The second kappa shape index (κ2) is 6.55. The van der Waals surface area contributed by atoms with Crippen LogP contribution in [0.2, 0.25) is 0 Å². The molecule has 1 aliphatic heterocycles. The summed E-state index contributed by atoms with van der Waals surface area (Å²) < 4.78 is 12.4. The molecule has 3 nitrogen and oxygen atoms in total. The number of nitrogens with one attached hydrogen (secondary N) is 1. The summed E-state index contributed by atoms with van der Waals surface area (Å²) in [6.07, 6.45) is 2.15. The van der Waals surface area contributed by atoms with Gasteiger partial charge in [-0.25, -0.2) is 0 Å². The van der Waals surface area contributed by atoms with Gasteiger partial charge in [0.15, 0.2) is 0 Å². The Bertz CT molecular complexity index is 378. The molecule has 0 bridgehead atoms. The van der Waals surface area contributed by atoms with Crippen LogP contribution < -0.4 is 10.1 Å². The third-order valence-electron chi connectivity index (χ3n) is 3.43. The highest BCUT2D eigenvalue weighted by Gasteiger charge is 2.34. The van der Waals surface area contributed by atoms with Crippen molar-refractivity contribution in [2.45, 2.75) is 12.8 Å². The van der Waals surface area contributed by atoms with Gasteiger partial charge in [0.2, 0.25) is 0 Å². The molecule has 0 saturated carbocycles. The Morgan fingerprint density at radius 2 is 2.39 bits per heavy atom. The predicted molar refractivity (Wildman–Crippen MR) is 76.0 cm³/mol. The van der Waals surface area contributed by atoms with Crippen LogP contribution in [0.15, 0.2) is 28.7 Å². The van der Waals surface area contributed by atoms with Crippen molar-refractivity contribution in [1.29, 1.82) is 0 Å². The molecule has 1 aliphatic rings. The molecule has 1 heterocycles. The van der Waals surface area contributed by atoms with E-state index in [1.807, 2.05) is 31.3 Å². The standard InChI is InChI=1S/C14H20BrNO2/c1-16-10-14(5-7-17-11-14)6-8-18-13-4-2-3-12(15)9-13/h2-4,9,16H,5-8,10-11H2,1H3. The van der Waals surface area contributed by atoms with Gasteiger partial charge in [-0.05, 0) is 38.1 Å². The quantitative estimate of drug-likeness (QED) is 0.876. The third kappa shape index (κ3) is 3.70. The fraction of sp³-hybridized carbons (Fsp3) is 0.571. The Hall–Kier alpha value is -0.580. The van der Waals surface area contributed by atoms with Crippen molar-refractivity contribution in [3.8, 4) is 5.75 Å². The smallest absolute Gasteiger partial charge is 0.120 e. The van der Waals surface area contributed by atoms with E-state index in [-0.39, 0.29) is 5.41 Å². The Morgan fingerprint density at radius 1 is 1.50 bits per heavy atom. The van der Waals surface area contributed by atoms with Gasteiger partial charge < -0.3 is 14.8 Å². The number of ether oxygens (including phenoxy) is 2. The van der Waals surface area contributed by atoms with Crippen LogP contribution in [0.5, 0.6) is 5.75 Å². The number of hydrogen-bond donors (Lipinski definition) is 1. The van der Waals surface area contributed by atoms with Gasteiger partial charge in [-0.15, -0.1) is 0 Å². The van der Waals surface area contributed by atoms with E-state index in [4.69, 9.17) is 9.47 Å². The first-order valence-electron chi connectivity index (χ1n) is 6.35. The minimum Gasteiger partial charge on any atom is -0.494 e. The summed E-state index contributed by atoms with van der Waals surface area (Å²) in [4.78, 5) is 0. The first-order valence-corrected chi connectivity index (χ1v) is 7.14. The first kappa shape index (κ1) is 13.8. The number of halogens is 1. The highest BCUT2D eigenvalue weighted by Crippen LogP contribution is 2.32. The van der Waals surface area contributed by atoms with Crippen LogP contribution in [0.4, 0.5) is 0 Å². The minimum atomic E-state index is 0.251. The molecule has 1 fully saturated rings. The average molecular weight is 314 g/mol. The van der Waals surface area contributed by atoms with Crippen molar-refractivity contribution in [3.63, 3.8) is 0 Å². The van der Waals surface area contributed by atoms with Crippen LogP contribution in [0.25, 0.3) is 0 Å². The lowest BCUT2D eigenvalue weighted by molar-refractivity contribution is 0.130. The SMILES string of the molecule is CNCC1(CCOc2cccc(Br)c2)CCOC1. The van der Waals surface area contributed by atoms with Crippen molar-refractivity contribution in [1.82, 2.24) is 5.32 Å². The Morgan fingerprint density at radius 3 is 3.06 bits per heavy atom. The number of rotatable bonds is 6. The van der Waals surface area contributed by atoms with E-state index in [1.54, 1.807) is 0 Å². The number of benzene rings is 1. The Kier molecular flexibility index (Phi) is 5.03. The molecule has 100 valence electrons. The van der Waals surface area contributed by atoms with E-state index in [0.717, 1.165) is 49.4 Å². The molecule has 1 N–H and O–H groups in total. The molecule has 1 unspecified atom stereocenters. The highest BCUT2D eigenvalue weighted by atomic mass is 79.9. The van der Waals surface area contributed by atoms with Gasteiger partial charge in [0.05, 0.1) is 13.2 Å². The van der Waals surface area contributed by atoms with E-state index in [1.165, 1.54) is 0 Å². The largest absolute Gasteiger partial charge is 0.494 e. The molecule has 1 saturated heterocycles. The zero-order valence-corrected chi connectivity index (χ0v) is 12.3. The van der Waals surface area contributed by atoms with E-state index in [2.05, 4.69) is 21.2 Å². The Balaban J connectivity index is 1.83. The third-order valence-corrected chi connectivity index (χ3v) is 3.93. The van der Waals surface area contributed by atoms with Crippen LogP contribution in [0.3, 0.4) is 0 Å². The average Bonchev–Trinajstić information content (AvgIpc) is 2.79. The molecular formula is C14H20BrNO2. The maximum atomic E-state index is 5.81. The van der Waals surface area contributed by atoms with Gasteiger partial charge in [0, 0.05) is 23.0 Å². The summed E-state index contributed by atoms with van der Waals surface area (Å²) in [6.45, 7) is 3.45. The summed E-state index contributed by atoms with van der Waals surface area (Å²) in [5, 5.41) is 3.27. The van der Waals surface area contributed by atoms with Gasteiger partial charge in [-0.2, -0.15) is 0 Å². The topological polar surface area (TPSA) is 30.5 Å². The van der Waals surface area contributed by atoms with Gasteiger partial charge in [-0.3, -0.25) is 0 Å². The van der Waals surface area contributed by atoms with E-state index in [9.17, 15) is 0 Å². The fourth-order valence-electron chi connectivity index (χ4n) is 2.39. The van der Waals surface area contributed by atoms with Gasteiger partial charge in [0.25, 0.3) is 0 Å². The zero-order chi connectivity index (χ0) is 12.8. The van der Waals surface area contributed by atoms with Gasteiger partial charge in [0.1, 0.15) is 5.75 Å². The molecule has 0 spiro atoms. The maximum absolute atomic E-state index is 5.81. The molecular weight excluding hydrogens is 294 g/mol. The lowest BCUT2D eigenvalue weighted by Gasteiger charge is -2.26. The van der Waals surface area contributed by atoms with Crippen molar-refractivity contribution < 1.29 is 9.47 Å². The van der Waals surface area contributed by atoms with Crippen LogP contribution in [-0.4, -0.2) is 33.4 Å². The number of hydrogen-bond acceptors (Lipinski definition) is 3. The van der Waals surface area contributed by atoms with E-state index in [0.29, 0.717) is 0 Å².